The van der Waals surface area contributed by atoms with Gasteiger partial charge in [0.25, 0.3) is 0 Å². The molecule has 0 saturated heterocycles. The Bertz CT molecular complexity index is 515. The molecule has 1 aromatic heterocycles. The van der Waals surface area contributed by atoms with Gasteiger partial charge in [-0.25, -0.2) is 4.98 Å². The van der Waals surface area contributed by atoms with Crippen molar-refractivity contribution < 1.29 is 0 Å². The predicted octanol–water partition coefficient (Wildman–Crippen LogP) is 4.56. The van der Waals surface area contributed by atoms with Crippen LogP contribution in [0, 0.1) is 18.8 Å². The van der Waals surface area contributed by atoms with Gasteiger partial charge in [0.15, 0.2) is 0 Å². The summed E-state index contributed by atoms with van der Waals surface area (Å²) in [5, 5.41) is 5.46. The third-order valence-corrected chi connectivity index (χ3v) is 6.99. The van der Waals surface area contributed by atoms with E-state index in [0.717, 1.165) is 24.3 Å². The lowest BCUT2D eigenvalue weighted by Crippen LogP contribution is -2.47. The molecule has 1 heterocycles. The lowest BCUT2D eigenvalue weighted by Gasteiger charge is -2.41. The molecule has 21 heavy (non-hydrogen) atoms. The summed E-state index contributed by atoms with van der Waals surface area (Å²) < 4.78 is 0. The Hall–Kier alpha value is -0.410. The first-order chi connectivity index (χ1) is 10.2. The van der Waals surface area contributed by atoms with Crippen LogP contribution in [0.1, 0.15) is 73.9 Å². The first-order valence-electron chi connectivity index (χ1n) is 8.94. The molecule has 0 aliphatic heterocycles. The molecule has 1 N–H and O–H groups in total. The van der Waals surface area contributed by atoms with E-state index in [9.17, 15) is 0 Å². The molecule has 3 fully saturated rings. The second kappa shape index (κ2) is 5.34. The lowest BCUT2D eigenvalue weighted by atomic mass is 9.74. The average molecular weight is 305 g/mol. The fourth-order valence-corrected chi connectivity index (χ4v) is 5.45. The summed E-state index contributed by atoms with van der Waals surface area (Å²) in [6.45, 7) is 4.49. The number of hydrogen-bond donors (Lipinski definition) is 1. The van der Waals surface area contributed by atoms with Gasteiger partial charge in [-0.05, 0) is 63.7 Å². The maximum Gasteiger partial charge on any atom is 0.113 e. The van der Waals surface area contributed by atoms with Crippen LogP contribution in [0.25, 0.3) is 0 Å². The van der Waals surface area contributed by atoms with Gasteiger partial charge in [0.05, 0.1) is 11.2 Å². The van der Waals surface area contributed by atoms with Gasteiger partial charge in [-0.2, -0.15) is 0 Å². The molecule has 0 bridgehead atoms. The van der Waals surface area contributed by atoms with E-state index in [1.54, 1.807) is 0 Å². The second-order valence-electron chi connectivity index (χ2n) is 7.57. The van der Waals surface area contributed by atoms with Gasteiger partial charge < -0.3 is 5.32 Å². The number of aromatic nitrogens is 1. The van der Waals surface area contributed by atoms with Crippen LogP contribution in [0.3, 0.4) is 0 Å². The van der Waals surface area contributed by atoms with Crippen molar-refractivity contribution in [1.29, 1.82) is 0 Å². The number of nitrogens with one attached hydrogen (secondary N) is 1. The van der Waals surface area contributed by atoms with Gasteiger partial charge in [0.2, 0.25) is 0 Å². The molecular formula is C18H28N2S. The van der Waals surface area contributed by atoms with Crippen molar-refractivity contribution in [2.75, 3.05) is 0 Å². The summed E-state index contributed by atoms with van der Waals surface area (Å²) in [5.41, 5.74) is 1.55. The molecule has 3 aliphatic carbocycles. The maximum atomic E-state index is 5.08. The number of nitrogens with zero attached hydrogens (tertiary/aromatic N) is 1. The van der Waals surface area contributed by atoms with E-state index in [1.165, 1.54) is 66.9 Å². The summed E-state index contributed by atoms with van der Waals surface area (Å²) in [6.07, 6.45) is 12.3. The molecule has 0 aromatic carbocycles. The quantitative estimate of drug-likeness (QED) is 0.862. The summed E-state index contributed by atoms with van der Waals surface area (Å²) >= 11 is 1.97. The highest BCUT2D eigenvalue weighted by molar-refractivity contribution is 7.11. The molecular weight excluding hydrogens is 276 g/mol. The van der Waals surface area contributed by atoms with Crippen molar-refractivity contribution >= 4 is 11.3 Å². The van der Waals surface area contributed by atoms with E-state index >= 15 is 0 Å². The van der Waals surface area contributed by atoms with E-state index in [-0.39, 0.29) is 5.54 Å². The molecule has 3 aliphatic rings. The van der Waals surface area contributed by atoms with E-state index in [4.69, 9.17) is 4.98 Å². The van der Waals surface area contributed by atoms with Crippen LogP contribution in [0.15, 0.2) is 0 Å². The Morgan fingerprint density at radius 2 is 2.00 bits per heavy atom. The predicted molar refractivity (Wildman–Crippen MR) is 88.7 cm³/mol. The topological polar surface area (TPSA) is 24.9 Å². The Kier molecular flexibility index (Phi) is 3.61. The smallest absolute Gasteiger partial charge is 0.113 e. The van der Waals surface area contributed by atoms with E-state index in [2.05, 4.69) is 19.2 Å². The highest BCUT2D eigenvalue weighted by atomic mass is 32.1. The highest BCUT2D eigenvalue weighted by Crippen LogP contribution is 2.51. The minimum atomic E-state index is 0.218. The van der Waals surface area contributed by atoms with Crippen molar-refractivity contribution in [2.45, 2.75) is 83.2 Å². The molecule has 2 unspecified atom stereocenters. The highest BCUT2D eigenvalue weighted by Gasteiger charge is 2.46. The van der Waals surface area contributed by atoms with Crippen LogP contribution < -0.4 is 5.32 Å². The summed E-state index contributed by atoms with van der Waals surface area (Å²) in [5.74, 6) is 2.00. The van der Waals surface area contributed by atoms with Gasteiger partial charge in [0.1, 0.15) is 5.01 Å². The number of rotatable bonds is 5. The molecule has 1 aromatic rings. The van der Waals surface area contributed by atoms with Gasteiger partial charge >= 0.3 is 0 Å². The third-order valence-electron chi connectivity index (χ3n) is 5.77. The van der Waals surface area contributed by atoms with Crippen LogP contribution in [0.4, 0.5) is 0 Å². The monoisotopic (exact) mass is 304 g/mol. The first-order valence-corrected chi connectivity index (χ1v) is 9.76. The number of aryl methyl sites for hydroxylation is 2. The van der Waals surface area contributed by atoms with Crippen LogP contribution in [0.5, 0.6) is 0 Å². The summed E-state index contributed by atoms with van der Waals surface area (Å²) in [7, 11) is 0. The Balaban J connectivity index is 1.64. The Morgan fingerprint density at radius 3 is 2.62 bits per heavy atom. The average Bonchev–Trinajstić information content (AvgIpc) is 3.38. The molecule has 0 amide bonds. The Morgan fingerprint density at radius 1 is 1.19 bits per heavy atom. The molecule has 0 radical (unpaired) electrons. The standard InChI is InChI=1S/C18H28N2S/c1-3-16-12(2)21-17(19-16)18(20-15-8-9-15)10-4-5-14(11-18)13-6-7-13/h13-15,20H,3-11H2,1-2H3. The fourth-order valence-electron chi connectivity index (χ4n) is 4.25. The minimum Gasteiger partial charge on any atom is -0.303 e. The van der Waals surface area contributed by atoms with Gasteiger partial charge in [0, 0.05) is 10.9 Å². The zero-order valence-electron chi connectivity index (χ0n) is 13.5. The normalized spacial score (nSPS) is 33.3. The maximum absolute atomic E-state index is 5.08. The van der Waals surface area contributed by atoms with Gasteiger partial charge in [-0.1, -0.05) is 19.8 Å². The molecule has 4 rings (SSSR count). The minimum absolute atomic E-state index is 0.218. The lowest BCUT2D eigenvalue weighted by molar-refractivity contribution is 0.161. The van der Waals surface area contributed by atoms with Crippen molar-refractivity contribution in [1.82, 2.24) is 10.3 Å². The third kappa shape index (κ3) is 2.79. The van der Waals surface area contributed by atoms with Gasteiger partial charge in [-0.3, -0.25) is 0 Å². The van der Waals surface area contributed by atoms with Crippen molar-refractivity contribution in [2.24, 2.45) is 11.8 Å². The van der Waals surface area contributed by atoms with E-state index in [1.807, 2.05) is 11.3 Å². The van der Waals surface area contributed by atoms with Crippen molar-refractivity contribution in [3.8, 4) is 0 Å². The van der Waals surface area contributed by atoms with Crippen molar-refractivity contribution in [3.05, 3.63) is 15.6 Å². The van der Waals surface area contributed by atoms with Crippen molar-refractivity contribution in [3.63, 3.8) is 0 Å². The first kappa shape index (κ1) is 14.2. The zero-order valence-corrected chi connectivity index (χ0v) is 14.3. The second-order valence-corrected chi connectivity index (χ2v) is 8.77. The van der Waals surface area contributed by atoms with Crippen LogP contribution in [-0.4, -0.2) is 11.0 Å². The largest absolute Gasteiger partial charge is 0.303 e. The molecule has 2 nitrogen and oxygen atoms in total. The molecule has 0 spiro atoms. The van der Waals surface area contributed by atoms with Crippen LogP contribution in [-0.2, 0) is 12.0 Å². The zero-order chi connectivity index (χ0) is 14.4. The molecule has 116 valence electrons. The summed E-state index contributed by atoms with van der Waals surface area (Å²) in [6, 6.07) is 0.775. The number of thiazole rings is 1. The fraction of sp³-hybridized carbons (Fsp3) is 0.833. The molecule has 3 heteroatoms. The van der Waals surface area contributed by atoms with Crippen LogP contribution >= 0.6 is 11.3 Å². The molecule has 2 atom stereocenters. The van der Waals surface area contributed by atoms with Gasteiger partial charge in [-0.15, -0.1) is 11.3 Å². The molecule has 3 saturated carbocycles. The van der Waals surface area contributed by atoms with Crippen LogP contribution in [0.2, 0.25) is 0 Å². The van der Waals surface area contributed by atoms with E-state index in [0.29, 0.717) is 0 Å². The summed E-state index contributed by atoms with van der Waals surface area (Å²) in [4.78, 5) is 6.52. The SMILES string of the molecule is CCc1nc(C2(NC3CC3)CCCC(C3CC3)C2)sc1C. The Labute approximate surface area is 132 Å². The number of hydrogen-bond acceptors (Lipinski definition) is 3. The van der Waals surface area contributed by atoms with E-state index < -0.39 is 0 Å².